The fourth-order valence-electron chi connectivity index (χ4n) is 2.37. The summed E-state index contributed by atoms with van der Waals surface area (Å²) in [6.07, 6.45) is -4.35. The lowest BCUT2D eigenvalue weighted by Gasteiger charge is -2.30. The summed E-state index contributed by atoms with van der Waals surface area (Å²) in [6.45, 7) is 7.25. The van der Waals surface area contributed by atoms with Gasteiger partial charge in [0.1, 0.15) is 0 Å². The Balaban J connectivity index is 2.97. The Morgan fingerprint density at radius 1 is 1.22 bits per heavy atom. The number of nitrogens with two attached hydrogens (primary N) is 1. The van der Waals surface area contributed by atoms with E-state index >= 15 is 0 Å². The lowest BCUT2D eigenvalue weighted by atomic mass is 10.0. The fourth-order valence-corrected chi connectivity index (χ4v) is 2.37. The molecule has 23 heavy (non-hydrogen) atoms. The minimum atomic E-state index is -4.35. The first kappa shape index (κ1) is 19.4. The van der Waals surface area contributed by atoms with Crippen molar-refractivity contribution in [2.75, 3.05) is 19.6 Å². The van der Waals surface area contributed by atoms with E-state index < -0.39 is 17.8 Å². The van der Waals surface area contributed by atoms with Crippen LogP contribution in [0.1, 0.15) is 37.9 Å². The molecule has 1 rings (SSSR count). The molecule has 0 heterocycles. The van der Waals surface area contributed by atoms with Gasteiger partial charge >= 0.3 is 6.18 Å². The van der Waals surface area contributed by atoms with Crippen molar-refractivity contribution < 1.29 is 18.0 Å². The molecule has 7 heteroatoms. The van der Waals surface area contributed by atoms with Crippen LogP contribution < -0.4 is 11.1 Å². The van der Waals surface area contributed by atoms with Crippen LogP contribution in [0.2, 0.25) is 0 Å². The number of hydrogen-bond donors (Lipinski definition) is 2. The largest absolute Gasteiger partial charge is 0.416 e. The topological polar surface area (TPSA) is 58.4 Å². The molecule has 130 valence electrons. The summed E-state index contributed by atoms with van der Waals surface area (Å²) >= 11 is 0. The van der Waals surface area contributed by atoms with Gasteiger partial charge in [-0.25, -0.2) is 0 Å². The van der Waals surface area contributed by atoms with Gasteiger partial charge in [-0.15, -0.1) is 0 Å². The van der Waals surface area contributed by atoms with Crippen LogP contribution in [-0.2, 0) is 11.0 Å². The lowest BCUT2D eigenvalue weighted by Crippen LogP contribution is -2.43. The molecule has 1 amide bonds. The number of nitrogens with one attached hydrogen (secondary N) is 1. The Hall–Kier alpha value is -1.60. The number of rotatable bonds is 7. The van der Waals surface area contributed by atoms with Crippen LogP contribution in [0.4, 0.5) is 13.2 Å². The van der Waals surface area contributed by atoms with Gasteiger partial charge in [-0.05, 0) is 37.7 Å². The molecule has 1 aromatic carbocycles. The molecule has 0 aromatic heterocycles. The summed E-state index contributed by atoms with van der Waals surface area (Å²) in [6, 6.07) is 4.24. The van der Waals surface area contributed by atoms with Crippen LogP contribution in [0.5, 0.6) is 0 Å². The predicted molar refractivity (Wildman–Crippen MR) is 83.8 cm³/mol. The summed E-state index contributed by atoms with van der Waals surface area (Å²) in [7, 11) is 0. The molecular weight excluding hydrogens is 307 g/mol. The van der Waals surface area contributed by atoms with E-state index in [2.05, 4.69) is 10.2 Å². The maximum atomic E-state index is 12.7. The standard InChI is InChI=1S/C16H24F3N3O/c1-4-22(5-2)14(10-21-15(23)11(3)20)12-6-8-13(9-7-12)16(17,18)19/h6-9,11,14H,4-5,10,20H2,1-3H3,(H,21,23)/t11-,14?/m1/s1. The Morgan fingerprint density at radius 2 is 1.74 bits per heavy atom. The van der Waals surface area contributed by atoms with Crippen molar-refractivity contribution in [2.24, 2.45) is 5.73 Å². The second kappa shape index (κ2) is 8.31. The molecule has 0 fully saturated rings. The van der Waals surface area contributed by atoms with E-state index in [4.69, 9.17) is 5.73 Å². The van der Waals surface area contributed by atoms with Crippen molar-refractivity contribution in [3.8, 4) is 0 Å². The second-order valence-corrected chi connectivity index (χ2v) is 5.39. The Morgan fingerprint density at radius 3 is 2.13 bits per heavy atom. The van der Waals surface area contributed by atoms with E-state index in [-0.39, 0.29) is 11.9 Å². The maximum Gasteiger partial charge on any atom is 0.416 e. The monoisotopic (exact) mass is 331 g/mol. The molecule has 0 bridgehead atoms. The molecule has 4 nitrogen and oxygen atoms in total. The molecule has 0 saturated heterocycles. The Bertz CT molecular complexity index is 496. The number of nitrogens with zero attached hydrogens (tertiary/aromatic N) is 1. The molecule has 0 spiro atoms. The van der Waals surface area contributed by atoms with E-state index in [1.807, 2.05) is 13.8 Å². The third-order valence-electron chi connectivity index (χ3n) is 3.76. The number of amides is 1. The van der Waals surface area contributed by atoms with E-state index in [0.717, 1.165) is 30.8 Å². The summed E-state index contributed by atoms with van der Waals surface area (Å²) < 4.78 is 38.0. The van der Waals surface area contributed by atoms with E-state index in [9.17, 15) is 18.0 Å². The summed E-state index contributed by atoms with van der Waals surface area (Å²) in [4.78, 5) is 13.7. The number of carbonyl (C=O) groups is 1. The van der Waals surface area contributed by atoms with E-state index in [1.54, 1.807) is 6.92 Å². The third-order valence-corrected chi connectivity index (χ3v) is 3.76. The van der Waals surface area contributed by atoms with Crippen LogP contribution >= 0.6 is 0 Å². The van der Waals surface area contributed by atoms with Gasteiger partial charge in [0.25, 0.3) is 0 Å². The minimum Gasteiger partial charge on any atom is -0.353 e. The Kier molecular flexibility index (Phi) is 7.02. The van der Waals surface area contributed by atoms with Crippen molar-refractivity contribution in [1.82, 2.24) is 10.2 Å². The quantitative estimate of drug-likeness (QED) is 0.807. The third kappa shape index (κ3) is 5.51. The maximum absolute atomic E-state index is 12.7. The van der Waals surface area contributed by atoms with Gasteiger partial charge in [-0.3, -0.25) is 9.69 Å². The normalized spacial score (nSPS) is 14.6. The van der Waals surface area contributed by atoms with Gasteiger partial charge in [0.15, 0.2) is 0 Å². The molecule has 2 atom stereocenters. The number of halogens is 3. The predicted octanol–water partition coefficient (Wildman–Crippen LogP) is 2.55. The first-order valence-corrected chi connectivity index (χ1v) is 7.65. The van der Waals surface area contributed by atoms with Crippen LogP contribution in [0.25, 0.3) is 0 Å². The van der Waals surface area contributed by atoms with Gasteiger partial charge < -0.3 is 11.1 Å². The van der Waals surface area contributed by atoms with E-state index in [0.29, 0.717) is 6.54 Å². The molecule has 0 aliphatic rings. The highest BCUT2D eigenvalue weighted by atomic mass is 19.4. The molecule has 1 unspecified atom stereocenters. The molecule has 1 aromatic rings. The smallest absolute Gasteiger partial charge is 0.353 e. The SMILES string of the molecule is CCN(CC)C(CNC(=O)[C@@H](C)N)c1ccc(C(F)(F)F)cc1. The summed E-state index contributed by atoms with van der Waals surface area (Å²) in [5, 5.41) is 2.75. The van der Waals surface area contributed by atoms with Gasteiger partial charge in [0.2, 0.25) is 5.91 Å². The van der Waals surface area contributed by atoms with Crippen molar-refractivity contribution in [1.29, 1.82) is 0 Å². The highest BCUT2D eigenvalue weighted by Gasteiger charge is 2.30. The number of likely N-dealkylation sites (N-methyl/N-ethyl adjacent to an activating group) is 1. The highest BCUT2D eigenvalue weighted by Crippen LogP contribution is 2.30. The van der Waals surface area contributed by atoms with Crippen molar-refractivity contribution in [3.05, 3.63) is 35.4 Å². The van der Waals surface area contributed by atoms with Crippen LogP contribution in [0.15, 0.2) is 24.3 Å². The first-order valence-electron chi connectivity index (χ1n) is 7.65. The molecule has 0 saturated carbocycles. The van der Waals surface area contributed by atoms with Crippen LogP contribution in [0, 0.1) is 0 Å². The average Bonchev–Trinajstić information content (AvgIpc) is 2.50. The van der Waals surface area contributed by atoms with Crippen LogP contribution in [-0.4, -0.2) is 36.5 Å². The second-order valence-electron chi connectivity index (χ2n) is 5.39. The number of benzene rings is 1. The zero-order valence-corrected chi connectivity index (χ0v) is 13.7. The number of alkyl halides is 3. The molecule has 3 N–H and O–H groups in total. The number of hydrogen-bond acceptors (Lipinski definition) is 3. The zero-order chi connectivity index (χ0) is 17.6. The van der Waals surface area contributed by atoms with Gasteiger partial charge in [-0.2, -0.15) is 13.2 Å². The minimum absolute atomic E-state index is 0.199. The first-order chi connectivity index (χ1) is 10.7. The molecule has 0 aliphatic heterocycles. The van der Waals surface area contributed by atoms with Crippen LogP contribution in [0.3, 0.4) is 0 Å². The zero-order valence-electron chi connectivity index (χ0n) is 13.7. The fraction of sp³-hybridized carbons (Fsp3) is 0.562. The Labute approximate surface area is 134 Å². The van der Waals surface area contributed by atoms with Gasteiger partial charge in [0.05, 0.1) is 17.6 Å². The summed E-state index contributed by atoms with van der Waals surface area (Å²) in [5.41, 5.74) is 5.57. The summed E-state index contributed by atoms with van der Waals surface area (Å²) in [5.74, 6) is -0.283. The van der Waals surface area contributed by atoms with E-state index in [1.165, 1.54) is 12.1 Å². The lowest BCUT2D eigenvalue weighted by molar-refractivity contribution is -0.137. The van der Waals surface area contributed by atoms with Crippen molar-refractivity contribution in [2.45, 2.75) is 39.0 Å². The molecular formula is C16H24F3N3O. The molecule has 0 aliphatic carbocycles. The van der Waals surface area contributed by atoms with Crippen molar-refractivity contribution in [3.63, 3.8) is 0 Å². The van der Waals surface area contributed by atoms with Gasteiger partial charge in [-0.1, -0.05) is 26.0 Å². The van der Waals surface area contributed by atoms with Crippen molar-refractivity contribution >= 4 is 5.91 Å². The highest BCUT2D eigenvalue weighted by molar-refractivity contribution is 5.80. The average molecular weight is 331 g/mol. The molecule has 0 radical (unpaired) electrons. The number of carbonyl (C=O) groups excluding carboxylic acids is 1. The van der Waals surface area contributed by atoms with Gasteiger partial charge in [0, 0.05) is 6.54 Å².